The summed E-state index contributed by atoms with van der Waals surface area (Å²) in [6, 6.07) is 14.7. The van der Waals surface area contributed by atoms with Crippen molar-refractivity contribution in [3.8, 4) is 5.75 Å². The Morgan fingerprint density at radius 1 is 1.07 bits per heavy atom. The van der Waals surface area contributed by atoms with E-state index in [-0.39, 0.29) is 24.4 Å². The predicted molar refractivity (Wildman–Crippen MR) is 93.3 cm³/mol. The lowest BCUT2D eigenvalue weighted by molar-refractivity contribution is -0.274. The third kappa shape index (κ3) is 5.72. The van der Waals surface area contributed by atoms with E-state index < -0.39 is 6.36 Å². The summed E-state index contributed by atoms with van der Waals surface area (Å²) < 4.78 is 46.3. The molecule has 1 saturated heterocycles. The molecule has 2 aromatic carbocycles. The lowest BCUT2D eigenvalue weighted by Gasteiger charge is -2.32. The van der Waals surface area contributed by atoms with Gasteiger partial charge >= 0.3 is 6.36 Å². The molecule has 1 aliphatic rings. The van der Waals surface area contributed by atoms with E-state index in [1.54, 1.807) is 17.0 Å². The van der Waals surface area contributed by atoms with Crippen molar-refractivity contribution in [2.45, 2.75) is 31.9 Å². The maximum absolute atomic E-state index is 12.5. The zero-order chi connectivity index (χ0) is 19.3. The molecule has 0 N–H and O–H groups in total. The standard InChI is InChI=1S/C20H20F3NO3/c21-20(22,23)27-17-10-8-15(9-11-17)14-26-18-7-4-12-24(13-18)19(25)16-5-2-1-3-6-16/h1-3,5-6,8-11,18H,4,7,12-14H2. The third-order valence-electron chi connectivity index (χ3n) is 4.33. The molecule has 1 heterocycles. The molecule has 3 rings (SSSR count). The van der Waals surface area contributed by atoms with Crippen molar-refractivity contribution < 1.29 is 27.4 Å². The quantitative estimate of drug-likeness (QED) is 0.773. The fraction of sp³-hybridized carbons (Fsp3) is 0.350. The fourth-order valence-corrected chi connectivity index (χ4v) is 3.02. The predicted octanol–water partition coefficient (Wildman–Crippen LogP) is 4.41. The SMILES string of the molecule is O=C(c1ccccc1)N1CCCC(OCc2ccc(OC(F)(F)F)cc2)C1. The average Bonchev–Trinajstić information content (AvgIpc) is 2.66. The van der Waals surface area contributed by atoms with Crippen LogP contribution in [0.3, 0.4) is 0 Å². The molecule has 0 radical (unpaired) electrons. The molecular weight excluding hydrogens is 359 g/mol. The van der Waals surface area contributed by atoms with Gasteiger partial charge in [-0.15, -0.1) is 13.2 Å². The topological polar surface area (TPSA) is 38.8 Å². The molecule has 1 atom stereocenters. The van der Waals surface area contributed by atoms with E-state index in [9.17, 15) is 18.0 Å². The number of amides is 1. The number of rotatable bonds is 5. The number of hydrogen-bond acceptors (Lipinski definition) is 3. The van der Waals surface area contributed by atoms with Crippen molar-refractivity contribution in [1.82, 2.24) is 4.90 Å². The van der Waals surface area contributed by atoms with Gasteiger partial charge in [0.1, 0.15) is 5.75 Å². The first-order valence-corrected chi connectivity index (χ1v) is 8.71. The van der Waals surface area contributed by atoms with E-state index in [0.717, 1.165) is 18.4 Å². The maximum Gasteiger partial charge on any atom is 0.573 e. The molecule has 0 bridgehead atoms. The highest BCUT2D eigenvalue weighted by Crippen LogP contribution is 2.23. The average molecular weight is 379 g/mol. The van der Waals surface area contributed by atoms with Crippen LogP contribution in [0.2, 0.25) is 0 Å². The van der Waals surface area contributed by atoms with E-state index in [1.807, 2.05) is 18.2 Å². The monoisotopic (exact) mass is 379 g/mol. The molecule has 1 unspecified atom stereocenters. The van der Waals surface area contributed by atoms with Gasteiger partial charge in [0, 0.05) is 18.7 Å². The van der Waals surface area contributed by atoms with Crippen LogP contribution < -0.4 is 4.74 Å². The molecule has 7 heteroatoms. The second-order valence-corrected chi connectivity index (χ2v) is 6.38. The largest absolute Gasteiger partial charge is 0.573 e. The van der Waals surface area contributed by atoms with Crippen LogP contribution in [0.15, 0.2) is 54.6 Å². The Labute approximate surface area is 155 Å². The summed E-state index contributed by atoms with van der Waals surface area (Å²) in [5, 5.41) is 0. The molecule has 1 fully saturated rings. The van der Waals surface area contributed by atoms with Crippen LogP contribution in [-0.2, 0) is 11.3 Å². The smallest absolute Gasteiger partial charge is 0.406 e. The van der Waals surface area contributed by atoms with Gasteiger partial charge in [0.05, 0.1) is 12.7 Å². The summed E-state index contributed by atoms with van der Waals surface area (Å²) in [4.78, 5) is 14.3. The van der Waals surface area contributed by atoms with Crippen molar-refractivity contribution in [3.63, 3.8) is 0 Å². The van der Waals surface area contributed by atoms with Crippen molar-refractivity contribution >= 4 is 5.91 Å². The lowest BCUT2D eigenvalue weighted by atomic mass is 10.1. The second kappa shape index (κ2) is 8.43. The molecule has 0 aromatic heterocycles. The van der Waals surface area contributed by atoms with Gasteiger partial charge in [-0.1, -0.05) is 30.3 Å². The van der Waals surface area contributed by atoms with E-state index >= 15 is 0 Å². The number of piperidine rings is 1. The highest BCUT2D eigenvalue weighted by atomic mass is 19.4. The number of hydrogen-bond donors (Lipinski definition) is 0. The van der Waals surface area contributed by atoms with Gasteiger partial charge in [-0.05, 0) is 42.7 Å². The van der Waals surface area contributed by atoms with Crippen LogP contribution in [0.1, 0.15) is 28.8 Å². The van der Waals surface area contributed by atoms with Crippen LogP contribution in [0.5, 0.6) is 5.75 Å². The highest BCUT2D eigenvalue weighted by Gasteiger charge is 2.31. The van der Waals surface area contributed by atoms with Crippen LogP contribution in [0.4, 0.5) is 13.2 Å². The molecule has 1 aliphatic heterocycles. The minimum atomic E-state index is -4.70. The summed E-state index contributed by atoms with van der Waals surface area (Å²) in [6.07, 6.45) is -3.11. The molecule has 4 nitrogen and oxygen atoms in total. The molecule has 0 saturated carbocycles. The lowest BCUT2D eigenvalue weighted by Crippen LogP contribution is -2.43. The zero-order valence-electron chi connectivity index (χ0n) is 14.6. The Morgan fingerprint density at radius 3 is 2.44 bits per heavy atom. The number of likely N-dealkylation sites (tertiary alicyclic amines) is 1. The van der Waals surface area contributed by atoms with Crippen molar-refractivity contribution in [3.05, 3.63) is 65.7 Å². The van der Waals surface area contributed by atoms with Crippen LogP contribution in [-0.4, -0.2) is 36.4 Å². The molecule has 144 valence electrons. The Hall–Kier alpha value is -2.54. The summed E-state index contributed by atoms with van der Waals surface area (Å²) >= 11 is 0. The highest BCUT2D eigenvalue weighted by molar-refractivity contribution is 5.94. The van der Waals surface area contributed by atoms with Gasteiger partial charge in [-0.25, -0.2) is 0 Å². The molecule has 0 aliphatic carbocycles. The first-order chi connectivity index (χ1) is 12.9. The zero-order valence-corrected chi connectivity index (χ0v) is 14.6. The van der Waals surface area contributed by atoms with Gasteiger partial charge in [0.15, 0.2) is 0 Å². The Bertz CT molecular complexity index is 747. The number of alkyl halides is 3. The van der Waals surface area contributed by atoms with E-state index in [1.165, 1.54) is 24.3 Å². The van der Waals surface area contributed by atoms with Gasteiger partial charge in [0.2, 0.25) is 0 Å². The summed E-state index contributed by atoms with van der Waals surface area (Å²) in [7, 11) is 0. The number of ether oxygens (including phenoxy) is 2. The van der Waals surface area contributed by atoms with Crippen LogP contribution in [0.25, 0.3) is 0 Å². The van der Waals surface area contributed by atoms with E-state index in [4.69, 9.17) is 4.74 Å². The molecule has 27 heavy (non-hydrogen) atoms. The molecular formula is C20H20F3NO3. The maximum atomic E-state index is 12.5. The third-order valence-corrected chi connectivity index (χ3v) is 4.33. The minimum absolute atomic E-state index is 0.0162. The number of halogens is 3. The van der Waals surface area contributed by atoms with Gasteiger partial charge in [-0.2, -0.15) is 0 Å². The van der Waals surface area contributed by atoms with Crippen LogP contribution >= 0.6 is 0 Å². The van der Waals surface area contributed by atoms with E-state index in [0.29, 0.717) is 18.7 Å². The molecule has 1 amide bonds. The summed E-state index contributed by atoms with van der Waals surface area (Å²) in [6.45, 7) is 1.46. The van der Waals surface area contributed by atoms with Gasteiger partial charge in [0.25, 0.3) is 5.91 Å². The Balaban J connectivity index is 1.51. The van der Waals surface area contributed by atoms with Gasteiger partial charge in [-0.3, -0.25) is 4.79 Å². The number of nitrogens with zero attached hydrogens (tertiary/aromatic N) is 1. The normalized spacial score (nSPS) is 17.6. The summed E-state index contributed by atoms with van der Waals surface area (Å²) in [5.41, 5.74) is 1.40. The number of carbonyl (C=O) groups is 1. The van der Waals surface area contributed by atoms with Crippen LogP contribution in [0, 0.1) is 0 Å². The second-order valence-electron chi connectivity index (χ2n) is 6.38. The fourth-order valence-electron chi connectivity index (χ4n) is 3.02. The van der Waals surface area contributed by atoms with Crippen molar-refractivity contribution in [2.24, 2.45) is 0 Å². The first kappa shape index (κ1) is 19.2. The Kier molecular flexibility index (Phi) is 6.01. The number of carbonyl (C=O) groups excluding carboxylic acids is 1. The molecule has 2 aromatic rings. The first-order valence-electron chi connectivity index (χ1n) is 8.71. The number of benzene rings is 2. The minimum Gasteiger partial charge on any atom is -0.406 e. The summed E-state index contributed by atoms with van der Waals surface area (Å²) in [5.74, 6) is -0.277. The van der Waals surface area contributed by atoms with E-state index in [2.05, 4.69) is 4.74 Å². The Morgan fingerprint density at radius 2 is 1.78 bits per heavy atom. The van der Waals surface area contributed by atoms with Crippen molar-refractivity contribution in [2.75, 3.05) is 13.1 Å². The van der Waals surface area contributed by atoms with Crippen molar-refractivity contribution in [1.29, 1.82) is 0 Å². The van der Waals surface area contributed by atoms with Gasteiger partial charge < -0.3 is 14.4 Å². The molecule has 0 spiro atoms.